The van der Waals surface area contributed by atoms with Crippen LogP contribution in [0.5, 0.6) is 0 Å². The molecule has 5 rings (SSSR count). The molecule has 8 nitrogen and oxygen atoms in total. The minimum atomic E-state index is -0.211. The lowest BCUT2D eigenvalue weighted by Gasteiger charge is -2.27. The van der Waals surface area contributed by atoms with Crippen molar-refractivity contribution in [2.24, 2.45) is 0 Å². The number of likely N-dealkylation sites (N-methyl/N-ethyl adjacent to an activating group) is 1. The summed E-state index contributed by atoms with van der Waals surface area (Å²) < 4.78 is 0. The molecule has 2 aliphatic rings. The molecule has 0 bridgehead atoms. The Bertz CT molecular complexity index is 1360. The second-order valence-corrected chi connectivity index (χ2v) is 10.9. The average Bonchev–Trinajstić information content (AvgIpc) is 3.55. The summed E-state index contributed by atoms with van der Waals surface area (Å²) in [5.41, 5.74) is 3.66. The molecular weight excluding hydrogens is 484 g/mol. The molecule has 9 heteroatoms. The highest BCUT2D eigenvalue weighted by Crippen LogP contribution is 2.34. The fourth-order valence-corrected chi connectivity index (χ4v) is 6.20. The lowest BCUT2D eigenvalue weighted by molar-refractivity contribution is 0.102. The number of thiazole rings is 1. The molecule has 190 valence electrons. The van der Waals surface area contributed by atoms with E-state index in [1.54, 1.807) is 46.6 Å². The van der Waals surface area contributed by atoms with Crippen molar-refractivity contribution in [3.8, 4) is 6.07 Å². The van der Waals surface area contributed by atoms with Crippen LogP contribution in [0.1, 0.15) is 57.4 Å². The van der Waals surface area contributed by atoms with Gasteiger partial charge in [0.15, 0.2) is 5.13 Å². The number of rotatable bonds is 5. The largest absolute Gasteiger partial charge is 0.322 e. The number of hydrogen-bond acceptors (Lipinski definition) is 6. The van der Waals surface area contributed by atoms with E-state index in [9.17, 15) is 9.59 Å². The SMILES string of the molecule is CN(C)[C@H]1CCc2nc(NC(=O)c3cccc([C@H]4CCCN4C(=O)Nc4cccc(C#N)c4)c3)sc2C1. The number of urea groups is 1. The molecule has 0 spiro atoms. The van der Waals surface area contributed by atoms with Crippen LogP contribution in [0.15, 0.2) is 48.5 Å². The van der Waals surface area contributed by atoms with Crippen molar-refractivity contribution in [1.29, 1.82) is 5.26 Å². The van der Waals surface area contributed by atoms with E-state index < -0.39 is 0 Å². The molecule has 37 heavy (non-hydrogen) atoms. The highest BCUT2D eigenvalue weighted by atomic mass is 32.1. The first-order chi connectivity index (χ1) is 17.9. The number of amides is 3. The fourth-order valence-electron chi connectivity index (χ4n) is 5.13. The van der Waals surface area contributed by atoms with Gasteiger partial charge < -0.3 is 15.1 Å². The summed E-state index contributed by atoms with van der Waals surface area (Å²) in [6.45, 7) is 0.628. The molecule has 3 amide bonds. The number of carbonyl (C=O) groups excluding carboxylic acids is 2. The number of nitrogens with zero attached hydrogens (tertiary/aromatic N) is 4. The van der Waals surface area contributed by atoms with Crippen LogP contribution in [-0.2, 0) is 12.8 Å². The number of nitriles is 1. The molecule has 1 fully saturated rings. The number of likely N-dealkylation sites (tertiary alicyclic amines) is 1. The Labute approximate surface area is 220 Å². The maximum Gasteiger partial charge on any atom is 0.322 e. The molecule has 2 heterocycles. The minimum absolute atomic E-state index is 0.123. The van der Waals surface area contributed by atoms with Crippen molar-refractivity contribution in [2.75, 3.05) is 31.3 Å². The van der Waals surface area contributed by atoms with E-state index in [1.807, 2.05) is 18.2 Å². The number of fused-ring (bicyclic) bond motifs is 1. The molecule has 1 aromatic heterocycles. The molecular formula is C28H30N6O2S. The number of aromatic nitrogens is 1. The highest BCUT2D eigenvalue weighted by Gasteiger charge is 2.31. The number of hydrogen-bond donors (Lipinski definition) is 2. The Hall–Kier alpha value is -3.74. The molecule has 2 atom stereocenters. The van der Waals surface area contributed by atoms with Crippen LogP contribution < -0.4 is 10.6 Å². The molecule has 2 aromatic carbocycles. The van der Waals surface area contributed by atoms with Crippen molar-refractivity contribution >= 4 is 34.1 Å². The van der Waals surface area contributed by atoms with Crippen LogP contribution in [-0.4, -0.2) is 53.4 Å². The lowest BCUT2D eigenvalue weighted by atomic mass is 9.97. The topological polar surface area (TPSA) is 101 Å². The van der Waals surface area contributed by atoms with Crippen LogP contribution in [0, 0.1) is 11.3 Å². The van der Waals surface area contributed by atoms with Gasteiger partial charge in [0.25, 0.3) is 5.91 Å². The van der Waals surface area contributed by atoms with Gasteiger partial charge in [0.05, 0.1) is 23.4 Å². The summed E-state index contributed by atoms with van der Waals surface area (Å²) in [7, 11) is 4.21. The predicted octanol–water partition coefficient (Wildman–Crippen LogP) is 5.05. The van der Waals surface area contributed by atoms with E-state index in [0.717, 1.165) is 43.4 Å². The number of nitrogens with one attached hydrogen (secondary N) is 2. The first kappa shape index (κ1) is 24.9. The third-order valence-electron chi connectivity index (χ3n) is 7.15. The number of aryl methyl sites for hydroxylation is 1. The van der Waals surface area contributed by atoms with Gasteiger partial charge in [0.1, 0.15) is 0 Å². The van der Waals surface area contributed by atoms with Crippen LogP contribution in [0.3, 0.4) is 0 Å². The molecule has 1 saturated heterocycles. The maximum atomic E-state index is 13.1. The second-order valence-electron chi connectivity index (χ2n) is 9.80. The summed E-state index contributed by atoms with van der Waals surface area (Å²) in [6, 6.07) is 16.6. The lowest BCUT2D eigenvalue weighted by Crippen LogP contribution is -2.34. The van der Waals surface area contributed by atoms with Crippen molar-refractivity contribution in [1.82, 2.24) is 14.8 Å². The van der Waals surface area contributed by atoms with Gasteiger partial charge in [-0.15, -0.1) is 11.3 Å². The van der Waals surface area contributed by atoms with E-state index >= 15 is 0 Å². The van der Waals surface area contributed by atoms with E-state index in [2.05, 4.69) is 40.7 Å². The standard InChI is InChI=1S/C28H30N6O2S/c1-33(2)22-11-12-23-25(16-22)37-27(31-23)32-26(35)20-8-4-7-19(15-20)24-10-5-13-34(24)28(36)30-21-9-3-6-18(14-21)17-29/h3-4,6-9,14-15,22,24H,5,10-13,16H2,1-2H3,(H,30,36)(H,31,32,35)/t22-,24+/m0/s1. The van der Waals surface area contributed by atoms with Crippen LogP contribution in [0.25, 0.3) is 0 Å². The first-order valence-electron chi connectivity index (χ1n) is 12.6. The second kappa shape index (κ2) is 10.7. The van der Waals surface area contributed by atoms with Gasteiger partial charge in [-0.05, 0) is 82.1 Å². The fraction of sp³-hybridized carbons (Fsp3) is 0.357. The molecule has 2 N–H and O–H groups in total. The zero-order chi connectivity index (χ0) is 25.9. The van der Waals surface area contributed by atoms with Crippen molar-refractivity contribution in [3.63, 3.8) is 0 Å². The Morgan fingerprint density at radius 1 is 1.14 bits per heavy atom. The molecule has 1 aliphatic heterocycles. The van der Waals surface area contributed by atoms with Crippen molar-refractivity contribution < 1.29 is 9.59 Å². The van der Waals surface area contributed by atoms with Gasteiger partial charge in [-0.3, -0.25) is 10.1 Å². The molecule has 0 radical (unpaired) electrons. The highest BCUT2D eigenvalue weighted by molar-refractivity contribution is 7.15. The monoisotopic (exact) mass is 514 g/mol. The van der Waals surface area contributed by atoms with Crippen molar-refractivity contribution in [3.05, 3.63) is 75.8 Å². The third kappa shape index (κ3) is 5.50. The zero-order valence-electron chi connectivity index (χ0n) is 21.0. The van der Waals surface area contributed by atoms with Crippen LogP contribution >= 0.6 is 11.3 Å². The summed E-state index contributed by atoms with van der Waals surface area (Å²) in [5.74, 6) is -0.195. The van der Waals surface area contributed by atoms with E-state index in [4.69, 9.17) is 5.26 Å². The summed E-state index contributed by atoms with van der Waals surface area (Å²) in [6.07, 6.45) is 4.68. The smallest absolute Gasteiger partial charge is 0.317 e. The maximum absolute atomic E-state index is 13.1. The quantitative estimate of drug-likeness (QED) is 0.496. The Kier molecular flexibility index (Phi) is 7.22. The summed E-state index contributed by atoms with van der Waals surface area (Å²) in [4.78, 5) is 36.2. The van der Waals surface area contributed by atoms with E-state index in [0.29, 0.717) is 34.5 Å². The van der Waals surface area contributed by atoms with Gasteiger partial charge in [0.2, 0.25) is 0 Å². The number of benzene rings is 2. The van der Waals surface area contributed by atoms with Gasteiger partial charge in [-0.1, -0.05) is 18.2 Å². The number of anilines is 2. The van der Waals surface area contributed by atoms with Crippen LogP contribution in [0.4, 0.5) is 15.6 Å². The third-order valence-corrected chi connectivity index (χ3v) is 8.19. The average molecular weight is 515 g/mol. The Balaban J connectivity index is 1.27. The number of carbonyl (C=O) groups is 2. The Morgan fingerprint density at radius 2 is 1.97 bits per heavy atom. The van der Waals surface area contributed by atoms with Crippen molar-refractivity contribution in [2.45, 2.75) is 44.2 Å². The Morgan fingerprint density at radius 3 is 2.78 bits per heavy atom. The molecule has 3 aromatic rings. The predicted molar refractivity (Wildman–Crippen MR) is 145 cm³/mol. The zero-order valence-corrected chi connectivity index (χ0v) is 21.8. The summed E-state index contributed by atoms with van der Waals surface area (Å²) >= 11 is 1.57. The normalized spacial score (nSPS) is 18.8. The van der Waals surface area contributed by atoms with Crippen LogP contribution in [0.2, 0.25) is 0 Å². The van der Waals surface area contributed by atoms with Gasteiger partial charge in [-0.25, -0.2) is 9.78 Å². The molecule has 1 aliphatic carbocycles. The van der Waals surface area contributed by atoms with Gasteiger partial charge in [-0.2, -0.15) is 5.26 Å². The minimum Gasteiger partial charge on any atom is -0.317 e. The van der Waals surface area contributed by atoms with Gasteiger partial charge >= 0.3 is 6.03 Å². The molecule has 0 unspecified atom stereocenters. The first-order valence-corrected chi connectivity index (χ1v) is 13.4. The van der Waals surface area contributed by atoms with E-state index in [-0.39, 0.29) is 18.0 Å². The summed E-state index contributed by atoms with van der Waals surface area (Å²) in [5, 5.41) is 15.7. The van der Waals surface area contributed by atoms with Gasteiger partial charge in [0, 0.05) is 28.7 Å². The molecule has 0 saturated carbocycles. The van der Waals surface area contributed by atoms with E-state index in [1.165, 1.54) is 4.88 Å².